The van der Waals surface area contributed by atoms with Crippen LogP contribution in [0.5, 0.6) is 11.5 Å². The van der Waals surface area contributed by atoms with E-state index in [4.69, 9.17) is 20.9 Å². The Bertz CT molecular complexity index is 760. The van der Waals surface area contributed by atoms with Crippen LogP contribution in [0.1, 0.15) is 11.1 Å². The van der Waals surface area contributed by atoms with Crippen molar-refractivity contribution < 1.29 is 19.1 Å². The summed E-state index contributed by atoms with van der Waals surface area (Å²) in [6.45, 7) is 0. The lowest BCUT2D eigenvalue weighted by atomic mass is 10.0. The van der Waals surface area contributed by atoms with Crippen molar-refractivity contribution in [3.05, 3.63) is 59.7 Å². The Kier molecular flexibility index (Phi) is 7.19. The molecular formula is C20H25N3O4. The largest absolute Gasteiger partial charge is 0.497 e. The molecule has 5 N–H and O–H groups in total. The highest BCUT2D eigenvalue weighted by Gasteiger charge is 2.22. The van der Waals surface area contributed by atoms with Gasteiger partial charge in [0.1, 0.15) is 17.5 Å². The lowest BCUT2D eigenvalue weighted by molar-refractivity contribution is -0.128. The molecule has 0 saturated carbocycles. The van der Waals surface area contributed by atoms with E-state index in [1.54, 1.807) is 38.5 Å². The van der Waals surface area contributed by atoms with Gasteiger partial charge in [0.05, 0.1) is 20.3 Å². The third-order valence-corrected chi connectivity index (χ3v) is 4.21. The number of amides is 2. The summed E-state index contributed by atoms with van der Waals surface area (Å²) < 4.78 is 10.2. The number of primary amides is 1. The summed E-state index contributed by atoms with van der Waals surface area (Å²) in [6.07, 6.45) is 0.615. The average Bonchev–Trinajstić information content (AvgIpc) is 2.68. The van der Waals surface area contributed by atoms with E-state index < -0.39 is 23.9 Å². The molecule has 0 aromatic heterocycles. The average molecular weight is 371 g/mol. The van der Waals surface area contributed by atoms with Crippen molar-refractivity contribution in [2.24, 2.45) is 11.5 Å². The van der Waals surface area contributed by atoms with Gasteiger partial charge >= 0.3 is 0 Å². The summed E-state index contributed by atoms with van der Waals surface area (Å²) >= 11 is 0. The minimum absolute atomic E-state index is 0.278. The molecule has 27 heavy (non-hydrogen) atoms. The number of rotatable bonds is 9. The summed E-state index contributed by atoms with van der Waals surface area (Å²) in [7, 11) is 3.16. The van der Waals surface area contributed by atoms with E-state index in [0.717, 1.165) is 16.9 Å². The third kappa shape index (κ3) is 6.00. The van der Waals surface area contributed by atoms with Gasteiger partial charge in [0.15, 0.2) is 0 Å². The van der Waals surface area contributed by atoms with Crippen molar-refractivity contribution in [2.45, 2.75) is 24.9 Å². The van der Waals surface area contributed by atoms with Crippen molar-refractivity contribution in [1.29, 1.82) is 0 Å². The minimum atomic E-state index is -0.840. The Morgan fingerprint density at radius 1 is 0.889 bits per heavy atom. The molecule has 0 aliphatic carbocycles. The fourth-order valence-electron chi connectivity index (χ4n) is 2.61. The quantitative estimate of drug-likeness (QED) is 0.602. The Balaban J connectivity index is 1.96. The molecule has 0 fully saturated rings. The number of ether oxygens (including phenoxy) is 2. The van der Waals surface area contributed by atoms with Crippen molar-refractivity contribution in [3.8, 4) is 11.5 Å². The van der Waals surface area contributed by atoms with E-state index >= 15 is 0 Å². The van der Waals surface area contributed by atoms with E-state index in [0.29, 0.717) is 12.2 Å². The zero-order valence-corrected chi connectivity index (χ0v) is 15.5. The van der Waals surface area contributed by atoms with Gasteiger partial charge in [-0.25, -0.2) is 0 Å². The molecular weight excluding hydrogens is 346 g/mol. The summed E-state index contributed by atoms with van der Waals surface area (Å²) in [5.74, 6) is 0.393. The van der Waals surface area contributed by atoms with E-state index in [9.17, 15) is 9.59 Å². The highest BCUT2D eigenvalue weighted by atomic mass is 16.5. The Morgan fingerprint density at radius 3 is 1.74 bits per heavy atom. The van der Waals surface area contributed by atoms with E-state index in [-0.39, 0.29) is 6.42 Å². The monoisotopic (exact) mass is 371 g/mol. The number of carbonyl (C=O) groups excluding carboxylic acids is 2. The highest BCUT2D eigenvalue weighted by molar-refractivity contribution is 5.89. The van der Waals surface area contributed by atoms with Crippen LogP contribution in [-0.4, -0.2) is 38.1 Å². The predicted molar refractivity (Wildman–Crippen MR) is 102 cm³/mol. The van der Waals surface area contributed by atoms with Crippen molar-refractivity contribution >= 4 is 11.8 Å². The maximum atomic E-state index is 12.4. The number of nitrogens with one attached hydrogen (secondary N) is 1. The summed E-state index contributed by atoms with van der Waals surface area (Å²) in [5.41, 5.74) is 13.2. The first kappa shape index (κ1) is 20.3. The lowest BCUT2D eigenvalue weighted by Crippen LogP contribution is -2.51. The zero-order valence-electron chi connectivity index (χ0n) is 15.5. The van der Waals surface area contributed by atoms with Gasteiger partial charge in [-0.1, -0.05) is 24.3 Å². The van der Waals surface area contributed by atoms with E-state index in [2.05, 4.69) is 5.32 Å². The minimum Gasteiger partial charge on any atom is -0.497 e. The van der Waals surface area contributed by atoms with Gasteiger partial charge in [0, 0.05) is 6.42 Å². The number of hydrogen-bond acceptors (Lipinski definition) is 5. The molecule has 0 saturated heterocycles. The molecule has 0 spiro atoms. The van der Waals surface area contributed by atoms with E-state index in [1.165, 1.54) is 0 Å². The van der Waals surface area contributed by atoms with Gasteiger partial charge in [-0.05, 0) is 41.8 Å². The smallest absolute Gasteiger partial charge is 0.240 e. The molecule has 7 nitrogen and oxygen atoms in total. The number of methoxy groups -OCH3 is 2. The number of nitrogens with two attached hydrogens (primary N) is 2. The molecule has 0 radical (unpaired) electrons. The Morgan fingerprint density at radius 2 is 1.33 bits per heavy atom. The molecule has 0 bridgehead atoms. The van der Waals surface area contributed by atoms with E-state index in [1.807, 2.05) is 24.3 Å². The molecule has 0 aliphatic heterocycles. The molecule has 2 rings (SSSR count). The van der Waals surface area contributed by atoms with Crippen LogP contribution in [0, 0.1) is 0 Å². The number of carbonyl (C=O) groups is 2. The molecule has 2 aromatic rings. The Labute approximate surface area is 158 Å². The van der Waals surface area contributed by atoms with Crippen molar-refractivity contribution in [1.82, 2.24) is 5.32 Å². The molecule has 0 heterocycles. The van der Waals surface area contributed by atoms with Crippen LogP contribution in [0.2, 0.25) is 0 Å². The second-order valence-electron chi connectivity index (χ2n) is 6.17. The van der Waals surface area contributed by atoms with Crippen LogP contribution >= 0.6 is 0 Å². The highest BCUT2D eigenvalue weighted by Crippen LogP contribution is 2.14. The van der Waals surface area contributed by atoms with Crippen LogP contribution in [0.4, 0.5) is 0 Å². The molecule has 144 valence electrons. The summed E-state index contributed by atoms with van der Waals surface area (Å²) in [6, 6.07) is 12.9. The van der Waals surface area contributed by atoms with Crippen LogP contribution < -0.4 is 26.3 Å². The topological polar surface area (TPSA) is 117 Å². The first-order valence-electron chi connectivity index (χ1n) is 8.54. The second kappa shape index (κ2) is 9.59. The maximum absolute atomic E-state index is 12.4. The number of benzene rings is 2. The second-order valence-corrected chi connectivity index (χ2v) is 6.17. The predicted octanol–water partition coefficient (Wildman–Crippen LogP) is 0.786. The first-order valence-corrected chi connectivity index (χ1v) is 8.54. The summed E-state index contributed by atoms with van der Waals surface area (Å²) in [5, 5.41) is 2.64. The fraction of sp³-hybridized carbons (Fsp3) is 0.300. The van der Waals surface area contributed by atoms with Gasteiger partial charge in [-0.3, -0.25) is 9.59 Å². The van der Waals surface area contributed by atoms with Crippen molar-refractivity contribution in [2.75, 3.05) is 14.2 Å². The standard InChI is InChI=1S/C20H25N3O4/c1-26-15-7-3-13(4-8-15)11-17(21)20(25)23-18(19(22)24)12-14-5-9-16(27-2)10-6-14/h3-10,17-18H,11-12,21H2,1-2H3,(H2,22,24)(H,23,25). The van der Waals surface area contributed by atoms with Gasteiger partial charge < -0.3 is 26.3 Å². The first-order chi connectivity index (χ1) is 12.9. The molecule has 2 amide bonds. The molecule has 0 aliphatic rings. The van der Waals surface area contributed by atoms with Crippen LogP contribution in [0.3, 0.4) is 0 Å². The SMILES string of the molecule is COc1ccc(CC(N)C(=O)NC(Cc2ccc(OC)cc2)C(N)=O)cc1. The van der Waals surface area contributed by atoms with Crippen LogP contribution in [0.15, 0.2) is 48.5 Å². The normalized spacial score (nSPS) is 12.7. The molecule has 2 unspecified atom stereocenters. The van der Waals surface area contributed by atoms with Crippen LogP contribution in [-0.2, 0) is 22.4 Å². The summed E-state index contributed by atoms with van der Waals surface area (Å²) in [4.78, 5) is 24.1. The Hall–Kier alpha value is -3.06. The van der Waals surface area contributed by atoms with Crippen molar-refractivity contribution in [3.63, 3.8) is 0 Å². The molecule has 2 atom stereocenters. The molecule has 7 heteroatoms. The number of hydrogen-bond donors (Lipinski definition) is 3. The maximum Gasteiger partial charge on any atom is 0.240 e. The zero-order chi connectivity index (χ0) is 19.8. The van der Waals surface area contributed by atoms with Gasteiger partial charge in [-0.15, -0.1) is 0 Å². The fourth-order valence-corrected chi connectivity index (χ4v) is 2.61. The van der Waals surface area contributed by atoms with Crippen LogP contribution in [0.25, 0.3) is 0 Å². The van der Waals surface area contributed by atoms with Gasteiger partial charge in [-0.2, -0.15) is 0 Å². The van der Waals surface area contributed by atoms with Gasteiger partial charge in [0.2, 0.25) is 11.8 Å². The third-order valence-electron chi connectivity index (χ3n) is 4.21. The molecule has 2 aromatic carbocycles. The lowest BCUT2D eigenvalue weighted by Gasteiger charge is -2.19. The van der Waals surface area contributed by atoms with Gasteiger partial charge in [0.25, 0.3) is 0 Å².